The minimum atomic E-state index is -0.343. The first kappa shape index (κ1) is 14.5. The molecule has 1 amide bonds. The Labute approximate surface area is 95.6 Å². The van der Waals surface area contributed by atoms with E-state index in [0.717, 1.165) is 0 Å². The van der Waals surface area contributed by atoms with E-state index in [4.69, 9.17) is 5.73 Å². The van der Waals surface area contributed by atoms with Crippen molar-refractivity contribution in [3.63, 3.8) is 0 Å². The summed E-state index contributed by atoms with van der Waals surface area (Å²) in [6, 6.07) is -0.296. The predicted molar refractivity (Wildman–Crippen MR) is 63.8 cm³/mol. The third-order valence-corrected chi connectivity index (χ3v) is 3.16. The maximum atomic E-state index is 11.3. The van der Waals surface area contributed by atoms with Gasteiger partial charge in [0.25, 0.3) is 0 Å². The summed E-state index contributed by atoms with van der Waals surface area (Å²) in [5.74, 6) is 0.950. The summed E-state index contributed by atoms with van der Waals surface area (Å²) in [4.78, 5) is 24.1. The first-order valence-electron chi connectivity index (χ1n) is 4.92. The summed E-state index contributed by atoms with van der Waals surface area (Å²) in [6.07, 6.45) is 0. The highest BCUT2D eigenvalue weighted by Crippen LogP contribution is 2.09. The molecule has 0 aliphatic rings. The van der Waals surface area contributed by atoms with Gasteiger partial charge in [-0.1, -0.05) is 13.8 Å². The lowest BCUT2D eigenvalue weighted by Crippen LogP contribution is -2.42. The van der Waals surface area contributed by atoms with Crippen molar-refractivity contribution in [2.24, 2.45) is 11.7 Å². The normalized spacial score (nSPS) is 13.2. The van der Waals surface area contributed by atoms with Gasteiger partial charge in [0.15, 0.2) is 0 Å². The maximum absolute atomic E-state index is 11.3. The Kier molecular flexibility index (Phi) is 6.60. The van der Waals surface area contributed by atoms with Crippen molar-refractivity contribution >= 4 is 23.5 Å². The molecule has 4 nitrogen and oxygen atoms in total. The van der Waals surface area contributed by atoms with Crippen molar-refractivity contribution in [2.75, 3.05) is 25.6 Å². The van der Waals surface area contributed by atoms with Gasteiger partial charge in [0, 0.05) is 11.7 Å². The fourth-order valence-corrected chi connectivity index (χ4v) is 2.26. The van der Waals surface area contributed by atoms with E-state index < -0.39 is 0 Å². The van der Waals surface area contributed by atoms with Crippen molar-refractivity contribution in [2.45, 2.75) is 19.9 Å². The number of amides is 1. The molecule has 1 atom stereocenters. The van der Waals surface area contributed by atoms with E-state index in [-0.39, 0.29) is 23.7 Å². The quantitative estimate of drug-likeness (QED) is 0.688. The van der Waals surface area contributed by atoms with Gasteiger partial charge in [-0.05, 0) is 14.1 Å². The Morgan fingerprint density at radius 1 is 1.33 bits per heavy atom. The smallest absolute Gasteiger partial charge is 0.235 e. The van der Waals surface area contributed by atoms with Gasteiger partial charge in [0.05, 0.1) is 11.8 Å². The fourth-order valence-electron chi connectivity index (χ4n) is 0.923. The molecule has 15 heavy (non-hydrogen) atoms. The molecule has 0 heterocycles. The molecule has 0 aromatic heterocycles. The van der Waals surface area contributed by atoms with Gasteiger partial charge in [0.2, 0.25) is 5.91 Å². The molecular formula is C10H20N2O2S. The Morgan fingerprint density at radius 3 is 2.20 bits per heavy atom. The Hall–Kier alpha value is -0.550. The Balaban J connectivity index is 3.92. The number of hydrogen-bond acceptors (Lipinski definition) is 4. The van der Waals surface area contributed by atoms with Crippen molar-refractivity contribution < 1.29 is 9.59 Å². The number of carbonyl (C=O) groups is 2. The summed E-state index contributed by atoms with van der Waals surface area (Å²) >= 11 is 1.46. The number of nitrogens with zero attached hydrogens (tertiary/aromatic N) is 1. The van der Waals surface area contributed by atoms with Crippen LogP contribution in [-0.4, -0.2) is 48.2 Å². The van der Waals surface area contributed by atoms with Gasteiger partial charge in [-0.3, -0.25) is 14.5 Å². The number of rotatable bonds is 7. The second-order valence-corrected chi connectivity index (χ2v) is 5.05. The molecule has 0 aliphatic carbocycles. The van der Waals surface area contributed by atoms with Crippen LogP contribution in [0.1, 0.15) is 13.8 Å². The second-order valence-electron chi connectivity index (χ2n) is 4.02. The van der Waals surface area contributed by atoms with Crippen molar-refractivity contribution in [3.05, 3.63) is 0 Å². The minimum Gasteiger partial charge on any atom is -0.368 e. The van der Waals surface area contributed by atoms with Crippen LogP contribution in [0.5, 0.6) is 0 Å². The number of primary amides is 1. The number of likely N-dealkylation sites (N-methyl/N-ethyl adjacent to an activating group) is 1. The largest absolute Gasteiger partial charge is 0.368 e. The van der Waals surface area contributed by atoms with Crippen LogP contribution in [0.4, 0.5) is 0 Å². The molecule has 0 saturated heterocycles. The number of hydrogen-bond donors (Lipinski definition) is 1. The maximum Gasteiger partial charge on any atom is 0.235 e. The highest BCUT2D eigenvalue weighted by molar-refractivity contribution is 8.00. The van der Waals surface area contributed by atoms with Crippen LogP contribution >= 0.6 is 11.8 Å². The zero-order valence-electron chi connectivity index (χ0n) is 9.82. The summed E-state index contributed by atoms with van der Waals surface area (Å²) in [5, 5.41) is 0. The van der Waals surface area contributed by atoms with Gasteiger partial charge < -0.3 is 5.73 Å². The lowest BCUT2D eigenvalue weighted by atomic mass is 10.1. The molecular weight excluding hydrogens is 212 g/mol. The molecule has 0 rings (SSSR count). The Morgan fingerprint density at radius 2 is 1.87 bits per heavy atom. The number of nitrogens with two attached hydrogens (primary N) is 1. The summed E-state index contributed by atoms with van der Waals surface area (Å²) in [7, 11) is 3.61. The van der Waals surface area contributed by atoms with E-state index in [9.17, 15) is 9.59 Å². The van der Waals surface area contributed by atoms with E-state index in [1.165, 1.54) is 11.8 Å². The summed E-state index contributed by atoms with van der Waals surface area (Å²) < 4.78 is 0. The van der Waals surface area contributed by atoms with Crippen LogP contribution in [0.3, 0.4) is 0 Å². The average molecular weight is 232 g/mol. The lowest BCUT2D eigenvalue weighted by molar-refractivity contribution is -0.122. The zero-order chi connectivity index (χ0) is 12.0. The van der Waals surface area contributed by atoms with Crippen LogP contribution in [-0.2, 0) is 9.59 Å². The monoisotopic (exact) mass is 232 g/mol. The standard InChI is InChI=1S/C10H20N2O2S/c1-7(2)9(13)6-15-5-8(10(11)14)12(3)4/h7-8H,5-6H2,1-4H3,(H2,11,14). The van der Waals surface area contributed by atoms with Gasteiger partial charge in [-0.25, -0.2) is 0 Å². The topological polar surface area (TPSA) is 63.4 Å². The first-order chi connectivity index (χ1) is 6.86. The van der Waals surface area contributed by atoms with Crippen molar-refractivity contribution in [1.82, 2.24) is 4.90 Å². The molecule has 0 aliphatic heterocycles. The molecule has 0 radical (unpaired) electrons. The van der Waals surface area contributed by atoms with Gasteiger partial charge in [0.1, 0.15) is 5.78 Å². The highest BCUT2D eigenvalue weighted by Gasteiger charge is 2.18. The van der Waals surface area contributed by atoms with Crippen LogP contribution in [0.15, 0.2) is 0 Å². The van der Waals surface area contributed by atoms with Crippen LogP contribution in [0.2, 0.25) is 0 Å². The summed E-state index contributed by atoms with van der Waals surface area (Å²) in [6.45, 7) is 3.75. The number of ketones is 1. The molecule has 88 valence electrons. The Bertz CT molecular complexity index is 229. The molecule has 0 spiro atoms. The van der Waals surface area contributed by atoms with Gasteiger partial charge in [-0.15, -0.1) is 0 Å². The van der Waals surface area contributed by atoms with Crippen LogP contribution < -0.4 is 5.73 Å². The number of Topliss-reactive ketones (excluding diaryl/α,β-unsaturated/α-hetero) is 1. The van der Waals surface area contributed by atoms with Gasteiger partial charge >= 0.3 is 0 Å². The highest BCUT2D eigenvalue weighted by atomic mass is 32.2. The van der Waals surface area contributed by atoms with Gasteiger partial charge in [-0.2, -0.15) is 11.8 Å². The molecule has 0 fully saturated rings. The van der Waals surface area contributed by atoms with Crippen LogP contribution in [0, 0.1) is 5.92 Å². The van der Waals surface area contributed by atoms with E-state index in [2.05, 4.69) is 0 Å². The zero-order valence-corrected chi connectivity index (χ0v) is 10.6. The molecule has 0 aromatic carbocycles. The average Bonchev–Trinajstić information content (AvgIpc) is 2.10. The number of thioether (sulfide) groups is 1. The van der Waals surface area contributed by atoms with Crippen LogP contribution in [0.25, 0.3) is 0 Å². The van der Waals surface area contributed by atoms with Crippen molar-refractivity contribution in [1.29, 1.82) is 0 Å². The first-order valence-corrected chi connectivity index (χ1v) is 6.08. The molecule has 2 N–H and O–H groups in total. The lowest BCUT2D eigenvalue weighted by Gasteiger charge is -2.20. The van der Waals surface area contributed by atoms with Crippen molar-refractivity contribution in [3.8, 4) is 0 Å². The number of carbonyl (C=O) groups excluding carboxylic acids is 2. The molecule has 0 aromatic rings. The second kappa shape index (κ2) is 6.85. The molecule has 5 heteroatoms. The van der Waals surface area contributed by atoms with E-state index in [1.807, 2.05) is 13.8 Å². The third kappa shape index (κ3) is 5.79. The van der Waals surface area contributed by atoms with E-state index in [1.54, 1.807) is 19.0 Å². The SMILES string of the molecule is CC(C)C(=O)CSCC(C(N)=O)N(C)C. The summed E-state index contributed by atoms with van der Waals surface area (Å²) in [5.41, 5.74) is 5.24. The minimum absolute atomic E-state index is 0.0592. The van der Waals surface area contributed by atoms with E-state index in [0.29, 0.717) is 11.5 Å². The molecule has 1 unspecified atom stereocenters. The molecule has 0 bridgehead atoms. The fraction of sp³-hybridized carbons (Fsp3) is 0.800. The van der Waals surface area contributed by atoms with E-state index >= 15 is 0 Å². The predicted octanol–water partition coefficient (Wildman–Crippen LogP) is 0.360. The third-order valence-electron chi connectivity index (χ3n) is 2.12. The molecule has 0 saturated carbocycles.